The number of para-hydroxylation sites is 4. The molecular weight excluding hydrogens is 1280 g/mol. The van der Waals surface area contributed by atoms with Gasteiger partial charge >= 0.3 is 0 Å². The molecule has 0 bridgehead atoms. The van der Waals surface area contributed by atoms with Crippen molar-refractivity contribution in [3.63, 3.8) is 0 Å². The number of aromatic nitrogens is 2. The van der Waals surface area contributed by atoms with Crippen molar-refractivity contribution in [3.05, 3.63) is 342 Å². The van der Waals surface area contributed by atoms with E-state index in [4.69, 9.17) is 0 Å². The van der Waals surface area contributed by atoms with Crippen LogP contribution in [0.5, 0.6) is 0 Å². The van der Waals surface area contributed by atoms with Crippen molar-refractivity contribution in [2.75, 3.05) is 9.80 Å². The third-order valence-electron chi connectivity index (χ3n) is 21.0. The third kappa shape index (κ3) is 11.2. The van der Waals surface area contributed by atoms with Crippen LogP contribution in [-0.2, 0) is 28.1 Å². The fraction of sp³-hybridized carbons (Fsp3) is 0.168. The first kappa shape index (κ1) is 46.2. The Balaban J connectivity index is 1.15. The highest BCUT2D eigenvalue weighted by atomic mass is 15.2. The van der Waals surface area contributed by atoms with Crippen molar-refractivity contribution >= 4 is 101 Å². The largest absolute Gasteiger partial charge is 0.310 e. The van der Waals surface area contributed by atoms with Crippen molar-refractivity contribution in [1.82, 2.24) is 9.13 Å². The van der Waals surface area contributed by atoms with Crippen LogP contribution in [0.3, 0.4) is 0 Å². The van der Waals surface area contributed by atoms with E-state index in [-0.39, 0.29) is 50.3 Å². The van der Waals surface area contributed by atoms with Crippen LogP contribution in [0.2, 0.25) is 0 Å². The average molecular weight is 1390 g/mol. The van der Waals surface area contributed by atoms with E-state index < -0.39 is 195 Å². The summed E-state index contributed by atoms with van der Waals surface area (Å²) in [5.41, 5.74) is 6.69. The standard InChI is InChI=1S/C101H89BN4/c1-98(2,3)71-54-65(55-72(58-71)99(4,5)6)53-66-56-93-95-94(57-66)106(97-83(69-37-21-15-22-38-69)61-74(101(10,11)12)62-84(97)70-39-23-16-24-40-70)92-64-76(104-89-47-31-27-43-79(89)80-44-28-32-48-90(80)104)50-52-86(92)102(95)85-51-49-75(103-87-45-29-25-41-77(87)78-42-26-30-46-88(78)103)63-91(85)105(93)96-81(67-33-17-13-18-34-67)59-73(100(7,8)9)60-82(96)68-35-19-14-20-36-68/h13-52,54-64H,53H2,1-12H3/i25D,26D,27D,28D,29D,30D,31D,32D,41D,42D,43D,44D,45D,46D,47D,48D,49D,50D,51D,52D,63D,64D. The minimum absolute atomic E-state index is 0.152. The smallest absolute Gasteiger partial charge is 0.252 e. The fourth-order valence-electron chi connectivity index (χ4n) is 15.5. The predicted octanol–water partition coefficient (Wildman–Crippen LogP) is 25.4. The SMILES string of the molecule is [2H]c1c([2H])c(-n2c3c([2H])c([2H])c([2H])c([2H])c3c3c([2H])c([2H])c([2H])c([2H])c32)c([2H])c2c1B1c3c(cc(Cc4cc(C(C)(C)C)cc(C(C)(C)C)c4)cc3N(c3c(-c4ccccc4)cc(C(C)(C)C)cc3-c3ccccc3)c3c([2H])c(-n4c5c([2H])c([2H])c([2H])c([2H])c5c5c([2H])c([2H])c([2H])c([2H])c54)c([2H])c([2H])c31)N2c1c(-c2ccccc2)cc(C(C)(C)C)cc1-c1ccccc1. The summed E-state index contributed by atoms with van der Waals surface area (Å²) in [5, 5.41) is -1.41. The van der Waals surface area contributed by atoms with Crippen LogP contribution < -0.4 is 26.2 Å². The maximum atomic E-state index is 11.9. The molecule has 0 saturated carbocycles. The molecule has 14 aromatic carbocycles. The zero-order valence-electron chi connectivity index (χ0n) is 83.3. The summed E-state index contributed by atoms with van der Waals surface area (Å²) in [6.07, 6.45) is 0.152. The number of rotatable bonds is 10. The van der Waals surface area contributed by atoms with Crippen LogP contribution in [0.15, 0.2) is 309 Å². The first-order chi connectivity index (χ1) is 60.3. The van der Waals surface area contributed by atoms with Crippen molar-refractivity contribution in [2.24, 2.45) is 0 Å². The molecule has 0 atom stereocenters. The van der Waals surface area contributed by atoms with E-state index in [0.717, 1.165) is 37.0 Å². The van der Waals surface area contributed by atoms with E-state index in [1.807, 2.05) is 143 Å². The molecule has 106 heavy (non-hydrogen) atoms. The van der Waals surface area contributed by atoms with Crippen LogP contribution in [0, 0.1) is 0 Å². The number of hydrogen-bond donors (Lipinski definition) is 0. The molecule has 0 radical (unpaired) electrons. The van der Waals surface area contributed by atoms with Gasteiger partial charge in [0.2, 0.25) is 0 Å². The topological polar surface area (TPSA) is 16.3 Å². The summed E-state index contributed by atoms with van der Waals surface area (Å²) in [7, 11) is 0. The highest BCUT2D eigenvalue weighted by Gasteiger charge is 2.46. The normalized spacial score (nSPS) is 16.0. The van der Waals surface area contributed by atoms with Crippen LogP contribution >= 0.6 is 0 Å². The van der Waals surface area contributed by atoms with E-state index in [1.54, 1.807) is 0 Å². The second-order valence-corrected chi connectivity index (χ2v) is 32.1. The van der Waals surface area contributed by atoms with Crippen molar-refractivity contribution < 1.29 is 30.2 Å². The van der Waals surface area contributed by atoms with Crippen LogP contribution in [0.25, 0.3) is 99.5 Å². The second-order valence-electron chi connectivity index (χ2n) is 32.1. The van der Waals surface area contributed by atoms with Gasteiger partial charge in [0.15, 0.2) is 0 Å². The molecule has 2 aromatic heterocycles. The van der Waals surface area contributed by atoms with E-state index in [2.05, 4.69) is 126 Å². The average Bonchev–Trinajstić information content (AvgIpc) is 0.878. The van der Waals surface area contributed by atoms with Gasteiger partial charge in [0.25, 0.3) is 6.71 Å². The molecular formula is C101H89BN4. The molecule has 16 aromatic rings. The number of anilines is 6. The molecule has 4 nitrogen and oxygen atoms in total. The van der Waals surface area contributed by atoms with Crippen LogP contribution in [0.1, 0.15) is 147 Å². The lowest BCUT2D eigenvalue weighted by Gasteiger charge is -2.46. The van der Waals surface area contributed by atoms with Gasteiger partial charge in [0.1, 0.15) is 0 Å². The maximum Gasteiger partial charge on any atom is 0.252 e. The molecule has 0 aliphatic carbocycles. The number of hydrogen-bond acceptors (Lipinski definition) is 2. The fourth-order valence-corrected chi connectivity index (χ4v) is 15.5. The van der Waals surface area contributed by atoms with Crippen molar-refractivity contribution in [2.45, 2.75) is 111 Å². The van der Waals surface area contributed by atoms with E-state index in [0.29, 0.717) is 78.3 Å². The molecule has 516 valence electrons. The van der Waals surface area contributed by atoms with Crippen LogP contribution in [0.4, 0.5) is 34.1 Å². The molecule has 2 aliphatic rings. The molecule has 5 heteroatoms. The molecule has 4 heterocycles. The Kier molecular flexibility index (Phi) is 10.9. The van der Waals surface area contributed by atoms with Gasteiger partial charge in [-0.15, -0.1) is 0 Å². The molecule has 0 saturated heterocycles. The quantitative estimate of drug-likeness (QED) is 0.127. The number of nitrogens with zero attached hydrogens (tertiary/aromatic N) is 4. The monoisotopic (exact) mass is 1390 g/mol. The lowest BCUT2D eigenvalue weighted by atomic mass is 9.33. The Hall–Kier alpha value is -11.7. The second kappa shape index (κ2) is 25.0. The predicted molar refractivity (Wildman–Crippen MR) is 455 cm³/mol. The summed E-state index contributed by atoms with van der Waals surface area (Å²) in [6, 6.07) is 42.0. The highest BCUT2D eigenvalue weighted by Crippen LogP contribution is 2.55. The Morgan fingerprint density at radius 3 is 0.887 bits per heavy atom. The number of fused-ring (bicyclic) bond motifs is 10. The first-order valence-electron chi connectivity index (χ1n) is 47.1. The molecule has 18 rings (SSSR count). The summed E-state index contributed by atoms with van der Waals surface area (Å²) in [6.45, 7) is 23.9. The Morgan fingerprint density at radius 2 is 0.585 bits per heavy atom. The van der Waals surface area contributed by atoms with Crippen molar-refractivity contribution in [3.8, 4) is 55.9 Å². The summed E-state index contributed by atoms with van der Waals surface area (Å²) < 4.78 is 224. The molecule has 2 aliphatic heterocycles. The lowest BCUT2D eigenvalue weighted by Crippen LogP contribution is -2.61. The lowest BCUT2D eigenvalue weighted by molar-refractivity contribution is 0.567. The van der Waals surface area contributed by atoms with Gasteiger partial charge in [-0.1, -0.05) is 307 Å². The Labute approximate surface area is 656 Å². The zero-order valence-corrected chi connectivity index (χ0v) is 61.3. The van der Waals surface area contributed by atoms with Gasteiger partial charge in [-0.3, -0.25) is 0 Å². The molecule has 0 fully saturated rings. The molecule has 0 spiro atoms. The van der Waals surface area contributed by atoms with E-state index in [1.165, 1.54) is 0 Å². The minimum Gasteiger partial charge on any atom is -0.310 e. The first-order valence-corrected chi connectivity index (χ1v) is 36.1. The Bertz CT molecular complexity index is 6820. The number of benzene rings is 14. The van der Waals surface area contributed by atoms with Gasteiger partial charge in [0, 0.05) is 77.9 Å². The van der Waals surface area contributed by atoms with Gasteiger partial charge < -0.3 is 18.9 Å². The summed E-state index contributed by atoms with van der Waals surface area (Å²) in [4.78, 5) is 3.84. The molecule has 0 amide bonds. The van der Waals surface area contributed by atoms with Gasteiger partial charge in [-0.05, 0) is 185 Å². The van der Waals surface area contributed by atoms with Crippen molar-refractivity contribution in [1.29, 1.82) is 0 Å². The third-order valence-corrected chi connectivity index (χ3v) is 21.0. The maximum absolute atomic E-state index is 11.9. The zero-order chi connectivity index (χ0) is 91.9. The van der Waals surface area contributed by atoms with Gasteiger partial charge in [-0.25, -0.2) is 0 Å². The summed E-state index contributed by atoms with van der Waals surface area (Å²) >= 11 is 0. The van der Waals surface area contributed by atoms with E-state index >= 15 is 0 Å². The summed E-state index contributed by atoms with van der Waals surface area (Å²) in [5.74, 6) is 0. The van der Waals surface area contributed by atoms with E-state index in [9.17, 15) is 30.2 Å². The van der Waals surface area contributed by atoms with Gasteiger partial charge in [-0.2, -0.15) is 0 Å². The van der Waals surface area contributed by atoms with Crippen LogP contribution in [-0.4, -0.2) is 15.8 Å². The molecule has 0 unspecified atom stereocenters. The highest BCUT2D eigenvalue weighted by molar-refractivity contribution is 7.00. The minimum atomic E-state index is -1.67. The molecule has 0 N–H and O–H groups in total. The van der Waals surface area contributed by atoms with Gasteiger partial charge in [0.05, 0.1) is 63.6 Å². The Morgan fingerprint density at radius 1 is 0.302 bits per heavy atom.